The van der Waals surface area contributed by atoms with Crippen molar-refractivity contribution in [3.05, 3.63) is 64.2 Å². The van der Waals surface area contributed by atoms with Crippen LogP contribution in [0.1, 0.15) is 30.0 Å². The lowest BCUT2D eigenvalue weighted by atomic mass is 10.1. The first kappa shape index (κ1) is 23.6. The van der Waals surface area contributed by atoms with Gasteiger partial charge in [0.2, 0.25) is 5.91 Å². The highest BCUT2D eigenvalue weighted by Gasteiger charge is 2.20. The molecule has 2 aromatic carbocycles. The molecular formula is C25H28ClN3O3. The van der Waals surface area contributed by atoms with Gasteiger partial charge in [0, 0.05) is 38.8 Å². The van der Waals surface area contributed by atoms with Crippen LogP contribution >= 0.6 is 11.6 Å². The molecule has 6 nitrogen and oxygen atoms in total. The van der Waals surface area contributed by atoms with Crippen LogP contribution in [0.4, 0.5) is 0 Å². The maximum Gasteiger partial charge on any atom is 0.246 e. The van der Waals surface area contributed by atoms with Crippen molar-refractivity contribution >= 4 is 23.6 Å². The molecule has 0 atom stereocenters. The number of piperazine rings is 1. The van der Waals surface area contributed by atoms with Gasteiger partial charge < -0.3 is 14.4 Å². The van der Waals surface area contributed by atoms with Crippen molar-refractivity contribution in [2.75, 3.05) is 39.9 Å². The maximum atomic E-state index is 12.7. The number of nitrogens with zero attached hydrogens (tertiary/aromatic N) is 3. The fourth-order valence-electron chi connectivity index (χ4n) is 3.52. The third kappa shape index (κ3) is 6.25. The number of ether oxygens (including phenoxy) is 2. The summed E-state index contributed by atoms with van der Waals surface area (Å²) < 4.78 is 11.1. The molecule has 0 aromatic heterocycles. The number of carbonyl (C=O) groups is 1. The zero-order chi connectivity index (χ0) is 22.9. The SMILES string of the molecule is CCCOc1c(Cl)cc(/C=C/C(=O)N2CCN(Cc3ccc(C#N)cc3)CC2)cc1OC. The van der Waals surface area contributed by atoms with Gasteiger partial charge in [0.05, 0.1) is 30.4 Å². The van der Waals surface area contributed by atoms with Crippen molar-refractivity contribution in [3.63, 3.8) is 0 Å². The van der Waals surface area contributed by atoms with Crippen LogP contribution in [0, 0.1) is 11.3 Å². The third-order valence-corrected chi connectivity index (χ3v) is 5.57. The van der Waals surface area contributed by atoms with E-state index in [-0.39, 0.29) is 5.91 Å². The number of methoxy groups -OCH3 is 1. The Hall–Kier alpha value is -3.01. The van der Waals surface area contributed by atoms with Crippen molar-refractivity contribution in [3.8, 4) is 17.6 Å². The molecule has 2 aromatic rings. The van der Waals surface area contributed by atoms with Gasteiger partial charge in [0.25, 0.3) is 0 Å². The smallest absolute Gasteiger partial charge is 0.246 e. The molecule has 0 bridgehead atoms. The van der Waals surface area contributed by atoms with Gasteiger partial charge in [-0.05, 0) is 47.9 Å². The third-order valence-electron chi connectivity index (χ3n) is 5.29. The van der Waals surface area contributed by atoms with E-state index in [2.05, 4.69) is 11.0 Å². The summed E-state index contributed by atoms with van der Waals surface area (Å²) >= 11 is 6.36. The van der Waals surface area contributed by atoms with E-state index in [1.165, 1.54) is 5.56 Å². The second kappa shape index (κ2) is 11.6. The van der Waals surface area contributed by atoms with Gasteiger partial charge in [-0.2, -0.15) is 5.26 Å². The molecule has 1 aliphatic rings. The summed E-state index contributed by atoms with van der Waals surface area (Å²) in [6, 6.07) is 13.4. The van der Waals surface area contributed by atoms with Crippen molar-refractivity contribution in [2.45, 2.75) is 19.9 Å². The molecule has 32 heavy (non-hydrogen) atoms. The normalized spacial score (nSPS) is 14.4. The van der Waals surface area contributed by atoms with Crippen molar-refractivity contribution in [1.82, 2.24) is 9.80 Å². The van der Waals surface area contributed by atoms with Gasteiger partial charge in [0.1, 0.15) is 0 Å². The Labute approximate surface area is 194 Å². The highest BCUT2D eigenvalue weighted by Crippen LogP contribution is 2.36. The van der Waals surface area contributed by atoms with E-state index in [9.17, 15) is 4.79 Å². The standard InChI is InChI=1S/C25H28ClN3O3/c1-3-14-32-25-22(26)15-21(16-23(25)31-2)8-9-24(30)29-12-10-28(11-13-29)18-20-6-4-19(17-27)5-7-20/h4-9,15-16H,3,10-14,18H2,1-2H3/b9-8+. The second-order valence-electron chi connectivity index (χ2n) is 7.63. The van der Waals surface area contributed by atoms with Crippen LogP contribution in [-0.4, -0.2) is 55.6 Å². The van der Waals surface area contributed by atoms with Gasteiger partial charge in [-0.25, -0.2) is 0 Å². The summed E-state index contributed by atoms with van der Waals surface area (Å²) in [5.41, 5.74) is 2.61. The minimum Gasteiger partial charge on any atom is -0.493 e. The summed E-state index contributed by atoms with van der Waals surface area (Å²) in [6.45, 7) is 6.36. The van der Waals surface area contributed by atoms with Crippen LogP contribution in [0.5, 0.6) is 11.5 Å². The summed E-state index contributed by atoms with van der Waals surface area (Å²) in [5, 5.41) is 9.37. The minimum atomic E-state index is -0.0237. The topological polar surface area (TPSA) is 65.8 Å². The number of halogens is 1. The van der Waals surface area contributed by atoms with Crippen LogP contribution in [0.15, 0.2) is 42.5 Å². The molecule has 0 unspecified atom stereocenters. The molecule has 0 N–H and O–H groups in total. The Balaban J connectivity index is 1.55. The number of nitriles is 1. The van der Waals surface area contributed by atoms with Gasteiger partial charge in [-0.3, -0.25) is 9.69 Å². The predicted molar refractivity (Wildman–Crippen MR) is 126 cm³/mol. The van der Waals surface area contributed by atoms with E-state index >= 15 is 0 Å². The highest BCUT2D eigenvalue weighted by atomic mass is 35.5. The highest BCUT2D eigenvalue weighted by molar-refractivity contribution is 6.32. The van der Waals surface area contributed by atoms with Crippen molar-refractivity contribution < 1.29 is 14.3 Å². The van der Waals surface area contributed by atoms with E-state index in [0.29, 0.717) is 41.8 Å². The lowest BCUT2D eigenvalue weighted by Gasteiger charge is -2.34. The fourth-order valence-corrected chi connectivity index (χ4v) is 3.80. The van der Waals surface area contributed by atoms with E-state index in [4.69, 9.17) is 26.3 Å². The van der Waals surface area contributed by atoms with Gasteiger partial charge in [0.15, 0.2) is 11.5 Å². The molecule has 1 amide bonds. The van der Waals surface area contributed by atoms with Crippen LogP contribution in [0.2, 0.25) is 5.02 Å². The minimum absolute atomic E-state index is 0.0237. The molecule has 0 aliphatic carbocycles. The predicted octanol–water partition coefficient (Wildman–Crippen LogP) is 4.37. The van der Waals surface area contributed by atoms with Crippen LogP contribution in [0.3, 0.4) is 0 Å². The molecule has 3 rings (SSSR count). The summed E-state index contributed by atoms with van der Waals surface area (Å²) in [5.74, 6) is 1.05. The molecular weight excluding hydrogens is 426 g/mol. The monoisotopic (exact) mass is 453 g/mol. The van der Waals surface area contributed by atoms with E-state index < -0.39 is 0 Å². The average Bonchev–Trinajstić information content (AvgIpc) is 2.82. The molecule has 1 aliphatic heterocycles. The zero-order valence-electron chi connectivity index (χ0n) is 18.5. The Kier molecular flexibility index (Phi) is 8.55. The number of hydrogen-bond donors (Lipinski definition) is 0. The molecule has 168 valence electrons. The molecule has 0 radical (unpaired) electrons. The van der Waals surface area contributed by atoms with Gasteiger partial charge >= 0.3 is 0 Å². The quantitative estimate of drug-likeness (QED) is 0.555. The lowest BCUT2D eigenvalue weighted by molar-refractivity contribution is -0.127. The fraction of sp³-hybridized carbons (Fsp3) is 0.360. The first-order valence-corrected chi connectivity index (χ1v) is 11.1. The van der Waals surface area contributed by atoms with Gasteiger partial charge in [-0.15, -0.1) is 0 Å². The number of benzene rings is 2. The first-order chi connectivity index (χ1) is 15.5. The Morgan fingerprint density at radius 1 is 1.19 bits per heavy atom. The Bertz CT molecular complexity index is 991. The molecule has 1 saturated heterocycles. The average molecular weight is 454 g/mol. The van der Waals surface area contributed by atoms with Gasteiger partial charge in [-0.1, -0.05) is 30.7 Å². The largest absolute Gasteiger partial charge is 0.493 e. The van der Waals surface area contributed by atoms with E-state index in [1.807, 2.05) is 42.2 Å². The molecule has 1 heterocycles. The molecule has 7 heteroatoms. The van der Waals surface area contributed by atoms with Crippen LogP contribution in [0.25, 0.3) is 6.08 Å². The lowest BCUT2D eigenvalue weighted by Crippen LogP contribution is -2.47. The van der Waals surface area contributed by atoms with Crippen LogP contribution in [-0.2, 0) is 11.3 Å². The number of amides is 1. The second-order valence-corrected chi connectivity index (χ2v) is 8.03. The Morgan fingerprint density at radius 2 is 1.91 bits per heavy atom. The number of carbonyl (C=O) groups excluding carboxylic acids is 1. The van der Waals surface area contributed by atoms with Crippen LogP contribution < -0.4 is 9.47 Å². The zero-order valence-corrected chi connectivity index (χ0v) is 19.3. The maximum absolute atomic E-state index is 12.7. The molecule has 0 saturated carbocycles. The first-order valence-electron chi connectivity index (χ1n) is 10.7. The number of rotatable bonds is 8. The summed E-state index contributed by atoms with van der Waals surface area (Å²) in [7, 11) is 1.57. The number of hydrogen-bond acceptors (Lipinski definition) is 5. The van der Waals surface area contributed by atoms with E-state index in [0.717, 1.165) is 31.6 Å². The molecule has 1 fully saturated rings. The Morgan fingerprint density at radius 3 is 2.53 bits per heavy atom. The summed E-state index contributed by atoms with van der Waals surface area (Å²) in [6.07, 6.45) is 4.20. The molecule has 0 spiro atoms. The van der Waals surface area contributed by atoms with Crippen molar-refractivity contribution in [2.24, 2.45) is 0 Å². The van der Waals surface area contributed by atoms with Crippen molar-refractivity contribution in [1.29, 1.82) is 5.26 Å². The van der Waals surface area contributed by atoms with E-state index in [1.54, 1.807) is 25.3 Å². The summed E-state index contributed by atoms with van der Waals surface area (Å²) in [4.78, 5) is 16.8.